The van der Waals surface area contributed by atoms with Crippen molar-refractivity contribution in [1.82, 2.24) is 15.5 Å². The van der Waals surface area contributed by atoms with E-state index in [1.165, 1.54) is 0 Å². The second-order valence-electron chi connectivity index (χ2n) is 3.96. The molecule has 0 bridgehead atoms. The Morgan fingerprint density at radius 3 is 2.83 bits per heavy atom. The lowest BCUT2D eigenvalue weighted by Gasteiger charge is -2.35. The van der Waals surface area contributed by atoms with Crippen LogP contribution in [-0.4, -0.2) is 47.5 Å². The Labute approximate surface area is 104 Å². The zero-order valence-corrected chi connectivity index (χ0v) is 10.1. The summed E-state index contributed by atoms with van der Waals surface area (Å²) in [5.74, 6) is -1.07. The van der Waals surface area contributed by atoms with Crippen molar-refractivity contribution in [2.45, 2.75) is 31.8 Å². The van der Waals surface area contributed by atoms with Crippen molar-refractivity contribution >= 4 is 17.8 Å². The minimum atomic E-state index is -0.925. The van der Waals surface area contributed by atoms with E-state index < -0.39 is 18.5 Å². The molecule has 0 saturated carbocycles. The predicted molar refractivity (Wildman–Crippen MR) is 63.9 cm³/mol. The molecule has 1 amide bonds. The molecule has 1 aliphatic heterocycles. The number of nitrogens with two attached hydrogens (primary N) is 2. The highest BCUT2D eigenvalue weighted by Gasteiger charge is 2.25. The van der Waals surface area contributed by atoms with Gasteiger partial charge in [0, 0.05) is 12.8 Å². The first-order valence-corrected chi connectivity index (χ1v) is 5.48. The normalized spacial score (nSPS) is 24.0. The van der Waals surface area contributed by atoms with Gasteiger partial charge in [0.05, 0.1) is 0 Å². The number of amides is 1. The molecule has 7 N–H and O–H groups in total. The van der Waals surface area contributed by atoms with E-state index in [1.54, 1.807) is 11.9 Å². The quantitative estimate of drug-likeness (QED) is 0.374. The van der Waals surface area contributed by atoms with Crippen LogP contribution >= 0.6 is 0 Å². The summed E-state index contributed by atoms with van der Waals surface area (Å²) in [5.41, 5.74) is 11.2. The number of carboxylic acid groups (broad SMARTS) is 1. The zero-order valence-electron chi connectivity index (χ0n) is 10.1. The molecule has 0 spiro atoms. The molecule has 102 valence electrons. The van der Waals surface area contributed by atoms with E-state index in [2.05, 4.69) is 15.6 Å². The molecule has 9 nitrogen and oxygen atoms in total. The number of guanidine groups is 1. The molecule has 1 heterocycles. The van der Waals surface area contributed by atoms with Crippen LogP contribution in [0.15, 0.2) is 4.99 Å². The average molecular weight is 258 g/mol. The van der Waals surface area contributed by atoms with E-state index in [4.69, 9.17) is 16.6 Å². The fraction of sp³-hybridized carbons (Fsp3) is 0.667. The van der Waals surface area contributed by atoms with Gasteiger partial charge in [0.15, 0.2) is 12.2 Å². The molecule has 1 rings (SSSR count). The van der Waals surface area contributed by atoms with Gasteiger partial charge in [-0.1, -0.05) is 0 Å². The molecular weight excluding hydrogens is 240 g/mol. The minimum absolute atomic E-state index is 0.0413. The van der Waals surface area contributed by atoms with Gasteiger partial charge >= 0.3 is 5.97 Å². The maximum Gasteiger partial charge on any atom is 0.303 e. The molecule has 2 unspecified atom stereocenters. The number of nitrogens with zero attached hydrogens (tertiary/aromatic N) is 2. The average Bonchev–Trinajstić information content (AvgIpc) is 2.24. The highest BCUT2D eigenvalue weighted by Crippen LogP contribution is 2.03. The van der Waals surface area contributed by atoms with Crippen molar-refractivity contribution < 1.29 is 14.7 Å². The zero-order chi connectivity index (χ0) is 13.7. The Morgan fingerprint density at radius 2 is 2.22 bits per heavy atom. The molecule has 0 aliphatic carbocycles. The van der Waals surface area contributed by atoms with E-state index in [1.807, 2.05) is 0 Å². The standard InChI is InChI=1S/C9H18N6O3/c1-15-8(11)13-7(10)14-9(15)12-5(16)3-2-4-6(17)18/h8-9H,2-4,11H2,1H3,(H,12,16)(H,17,18)(H3,10,13,14). The molecule has 0 aromatic carbocycles. The van der Waals surface area contributed by atoms with Crippen LogP contribution in [0.1, 0.15) is 19.3 Å². The van der Waals surface area contributed by atoms with Crippen molar-refractivity contribution in [3.8, 4) is 0 Å². The highest BCUT2D eigenvalue weighted by atomic mass is 16.4. The molecule has 9 heteroatoms. The van der Waals surface area contributed by atoms with E-state index >= 15 is 0 Å². The molecule has 18 heavy (non-hydrogen) atoms. The number of carbonyl (C=O) groups excluding carboxylic acids is 1. The predicted octanol–water partition coefficient (Wildman–Crippen LogP) is -2.27. The van der Waals surface area contributed by atoms with E-state index in [9.17, 15) is 9.59 Å². The maximum atomic E-state index is 11.5. The number of hydrogen-bond donors (Lipinski definition) is 5. The smallest absolute Gasteiger partial charge is 0.303 e. The second kappa shape index (κ2) is 6.17. The monoisotopic (exact) mass is 258 g/mol. The fourth-order valence-corrected chi connectivity index (χ4v) is 1.42. The summed E-state index contributed by atoms with van der Waals surface area (Å²) in [6.45, 7) is 0. The molecule has 0 aromatic rings. The third kappa shape index (κ3) is 4.18. The van der Waals surface area contributed by atoms with Gasteiger partial charge in [0.1, 0.15) is 6.29 Å². The number of aliphatic imine (C=N–C) groups is 1. The van der Waals surface area contributed by atoms with E-state index in [0.717, 1.165) is 0 Å². The summed E-state index contributed by atoms with van der Waals surface area (Å²) in [5, 5.41) is 13.8. The van der Waals surface area contributed by atoms with Crippen molar-refractivity contribution in [1.29, 1.82) is 0 Å². The number of rotatable bonds is 5. The first-order chi connectivity index (χ1) is 8.40. The molecule has 2 atom stereocenters. The van der Waals surface area contributed by atoms with Crippen molar-refractivity contribution in [2.24, 2.45) is 16.5 Å². The van der Waals surface area contributed by atoms with Crippen LogP contribution < -0.4 is 22.1 Å². The summed E-state index contributed by atoms with van der Waals surface area (Å²) in [7, 11) is 1.68. The summed E-state index contributed by atoms with van der Waals surface area (Å²) in [4.78, 5) is 27.4. The van der Waals surface area contributed by atoms with Crippen LogP contribution in [0.3, 0.4) is 0 Å². The van der Waals surface area contributed by atoms with E-state index in [0.29, 0.717) is 0 Å². The Hall–Kier alpha value is -1.87. The second-order valence-corrected chi connectivity index (χ2v) is 3.96. The van der Waals surface area contributed by atoms with Crippen molar-refractivity contribution in [2.75, 3.05) is 7.05 Å². The van der Waals surface area contributed by atoms with Crippen LogP contribution in [0.2, 0.25) is 0 Å². The van der Waals surface area contributed by atoms with Gasteiger partial charge in [0.2, 0.25) is 5.91 Å². The van der Waals surface area contributed by atoms with Gasteiger partial charge < -0.3 is 21.5 Å². The summed E-state index contributed by atoms with van der Waals surface area (Å²) in [6, 6.07) is 0. The third-order valence-electron chi connectivity index (χ3n) is 2.47. The van der Waals surface area contributed by atoms with E-state index in [-0.39, 0.29) is 31.1 Å². The van der Waals surface area contributed by atoms with Crippen LogP contribution in [0, 0.1) is 0 Å². The number of aliphatic carboxylic acids is 1. The first-order valence-electron chi connectivity index (χ1n) is 5.48. The summed E-state index contributed by atoms with van der Waals surface area (Å²) >= 11 is 0. The number of hydrogen-bond acceptors (Lipinski definition) is 7. The third-order valence-corrected chi connectivity index (χ3v) is 2.47. The topological polar surface area (TPSA) is 146 Å². The van der Waals surface area contributed by atoms with Gasteiger partial charge in [-0.15, -0.1) is 0 Å². The van der Waals surface area contributed by atoms with Gasteiger partial charge in [-0.25, -0.2) is 9.89 Å². The first kappa shape index (κ1) is 14.2. The summed E-state index contributed by atoms with van der Waals surface area (Å²) in [6.07, 6.45) is -0.818. The molecule has 0 saturated heterocycles. The molecule has 0 fully saturated rings. The minimum Gasteiger partial charge on any atom is -0.481 e. The SMILES string of the molecule is CN1C(N)NC(N)=NC1NC(=O)CCCC(=O)O. The van der Waals surface area contributed by atoms with Crippen LogP contribution in [-0.2, 0) is 9.59 Å². The molecule has 0 radical (unpaired) electrons. The Bertz CT molecular complexity index is 358. The van der Waals surface area contributed by atoms with Crippen molar-refractivity contribution in [3.05, 3.63) is 0 Å². The van der Waals surface area contributed by atoms with Gasteiger partial charge in [-0.05, 0) is 13.5 Å². The Kier molecular flexibility index (Phi) is 4.86. The molecule has 0 aromatic heterocycles. The van der Waals surface area contributed by atoms with Crippen molar-refractivity contribution in [3.63, 3.8) is 0 Å². The lowest BCUT2D eigenvalue weighted by Crippen LogP contribution is -2.64. The van der Waals surface area contributed by atoms with Crippen LogP contribution in [0.25, 0.3) is 0 Å². The fourth-order valence-electron chi connectivity index (χ4n) is 1.42. The number of carboxylic acids is 1. The van der Waals surface area contributed by atoms with Crippen LogP contribution in [0.4, 0.5) is 0 Å². The Balaban J connectivity index is 2.43. The van der Waals surface area contributed by atoms with Crippen LogP contribution in [0.5, 0.6) is 0 Å². The molecular formula is C9H18N6O3. The summed E-state index contributed by atoms with van der Waals surface area (Å²) < 4.78 is 0. The van der Waals surface area contributed by atoms with Gasteiger partial charge in [-0.3, -0.25) is 15.3 Å². The Morgan fingerprint density at radius 1 is 1.56 bits per heavy atom. The number of nitrogens with one attached hydrogen (secondary N) is 2. The lowest BCUT2D eigenvalue weighted by atomic mass is 10.2. The largest absolute Gasteiger partial charge is 0.481 e. The highest BCUT2D eigenvalue weighted by molar-refractivity contribution is 5.80. The van der Waals surface area contributed by atoms with Gasteiger partial charge in [0.25, 0.3) is 0 Å². The number of carbonyl (C=O) groups is 2. The maximum absolute atomic E-state index is 11.5. The van der Waals surface area contributed by atoms with Gasteiger partial charge in [-0.2, -0.15) is 0 Å². The lowest BCUT2D eigenvalue weighted by molar-refractivity contribution is -0.137. The molecule has 1 aliphatic rings.